The lowest BCUT2D eigenvalue weighted by Gasteiger charge is -2.42. The molecule has 2 saturated carbocycles. The van der Waals surface area contributed by atoms with Crippen molar-refractivity contribution in [2.24, 2.45) is 23.7 Å². The molecule has 380 valence electrons. The number of hydrogen-bond acceptors (Lipinski definition) is 6. The molecular formula is C64H70N6O4. The molecule has 4 heterocycles. The van der Waals surface area contributed by atoms with Gasteiger partial charge in [-0.3, -0.25) is 19.2 Å². The molecule has 4 aliphatic heterocycles. The van der Waals surface area contributed by atoms with E-state index in [1.807, 2.05) is 60.7 Å². The molecule has 4 amide bonds. The van der Waals surface area contributed by atoms with Crippen molar-refractivity contribution in [3.05, 3.63) is 202 Å². The van der Waals surface area contributed by atoms with Gasteiger partial charge in [0.25, 0.3) is 11.8 Å². The number of likely N-dealkylation sites (tertiary alicyclic amines) is 2. The van der Waals surface area contributed by atoms with Gasteiger partial charge < -0.3 is 31.1 Å². The fourth-order valence-corrected chi connectivity index (χ4v) is 13.5. The molecule has 74 heavy (non-hydrogen) atoms. The predicted octanol–water partition coefficient (Wildman–Crippen LogP) is 12.1. The third-order valence-corrected chi connectivity index (χ3v) is 17.2. The summed E-state index contributed by atoms with van der Waals surface area (Å²) < 4.78 is 0. The van der Waals surface area contributed by atoms with Gasteiger partial charge in [-0.15, -0.1) is 0 Å². The molecule has 10 nitrogen and oxygen atoms in total. The lowest BCUT2D eigenvalue weighted by atomic mass is 9.79. The second kappa shape index (κ2) is 21.7. The van der Waals surface area contributed by atoms with E-state index in [1.54, 1.807) is 0 Å². The zero-order valence-corrected chi connectivity index (χ0v) is 42.8. The van der Waals surface area contributed by atoms with Crippen LogP contribution in [0.2, 0.25) is 0 Å². The molecule has 0 aromatic heterocycles. The Morgan fingerprint density at radius 2 is 0.797 bits per heavy atom. The predicted molar refractivity (Wildman–Crippen MR) is 292 cm³/mol. The van der Waals surface area contributed by atoms with Gasteiger partial charge >= 0.3 is 0 Å². The van der Waals surface area contributed by atoms with E-state index in [4.69, 9.17) is 0 Å². The van der Waals surface area contributed by atoms with Crippen molar-refractivity contribution in [3.8, 4) is 0 Å². The number of fused-ring (bicyclic) bond motifs is 6. The zero-order valence-electron chi connectivity index (χ0n) is 42.8. The highest BCUT2D eigenvalue weighted by atomic mass is 16.2. The number of nitrogens with zero attached hydrogens (tertiary/aromatic N) is 2. The van der Waals surface area contributed by atoms with Crippen molar-refractivity contribution in [1.82, 2.24) is 20.4 Å². The summed E-state index contributed by atoms with van der Waals surface area (Å²) in [5.74, 6) is 0.479. The highest BCUT2D eigenvalue weighted by Gasteiger charge is 2.50. The minimum Gasteiger partial charge on any atom is -0.378 e. The van der Waals surface area contributed by atoms with Gasteiger partial charge in [0.1, 0.15) is 0 Å². The van der Waals surface area contributed by atoms with E-state index in [9.17, 15) is 19.2 Å². The number of aryl methyl sites for hydroxylation is 2. The Bertz CT molecular complexity index is 2750. The molecule has 2 aliphatic carbocycles. The van der Waals surface area contributed by atoms with Crippen LogP contribution in [0.25, 0.3) is 0 Å². The van der Waals surface area contributed by atoms with Crippen molar-refractivity contribution >= 4 is 35.0 Å². The van der Waals surface area contributed by atoms with Gasteiger partial charge in [0.2, 0.25) is 11.8 Å². The van der Waals surface area contributed by atoms with Gasteiger partial charge in [-0.1, -0.05) is 158 Å². The Kier molecular flexibility index (Phi) is 14.4. The first-order valence-electron chi connectivity index (χ1n) is 27.4. The van der Waals surface area contributed by atoms with Crippen LogP contribution in [0.1, 0.15) is 142 Å². The first kappa shape index (κ1) is 49.0. The summed E-state index contributed by atoms with van der Waals surface area (Å²) in [6.07, 6.45) is 9.41. The van der Waals surface area contributed by atoms with E-state index < -0.39 is 0 Å². The third-order valence-electron chi connectivity index (χ3n) is 17.2. The average Bonchev–Trinajstić information content (AvgIpc) is 4.11. The Morgan fingerprint density at radius 3 is 1.20 bits per heavy atom. The molecule has 0 radical (unpaired) electrons. The molecule has 10 atom stereocenters. The van der Waals surface area contributed by atoms with Gasteiger partial charge in [-0.25, -0.2) is 0 Å². The fraction of sp³-hybridized carbons (Fsp3) is 0.375. The first-order chi connectivity index (χ1) is 36.2. The van der Waals surface area contributed by atoms with Crippen LogP contribution >= 0.6 is 0 Å². The molecule has 6 aliphatic rings. The zero-order chi connectivity index (χ0) is 50.7. The van der Waals surface area contributed by atoms with E-state index in [0.29, 0.717) is 23.0 Å². The van der Waals surface area contributed by atoms with Crippen LogP contribution in [0.5, 0.6) is 0 Å². The van der Waals surface area contributed by atoms with E-state index >= 15 is 0 Å². The maximum atomic E-state index is 14.2. The molecule has 6 aromatic carbocycles. The highest BCUT2D eigenvalue weighted by molar-refractivity contribution is 5.95. The Hall–Kier alpha value is -7.20. The summed E-state index contributed by atoms with van der Waals surface area (Å²) in [7, 11) is 0. The molecule has 10 heteroatoms. The molecule has 2 saturated heterocycles. The molecule has 6 aromatic rings. The molecule has 4 N–H and O–H groups in total. The quantitative estimate of drug-likeness (QED) is 0.120. The van der Waals surface area contributed by atoms with Crippen LogP contribution in [0.15, 0.2) is 158 Å². The van der Waals surface area contributed by atoms with Crippen molar-refractivity contribution in [2.75, 3.05) is 23.7 Å². The number of rotatable bonds is 8. The van der Waals surface area contributed by atoms with Gasteiger partial charge in [-0.2, -0.15) is 0 Å². The monoisotopic (exact) mass is 987 g/mol. The molecule has 12 rings (SSSR count). The lowest BCUT2D eigenvalue weighted by molar-refractivity contribution is -0.139. The fourth-order valence-electron chi connectivity index (χ4n) is 13.5. The summed E-state index contributed by atoms with van der Waals surface area (Å²) in [6, 6.07) is 53.3. The molecule has 0 spiro atoms. The number of carbonyl (C=O) groups excluding carboxylic acids is 4. The van der Waals surface area contributed by atoms with Crippen molar-refractivity contribution in [2.45, 2.75) is 114 Å². The van der Waals surface area contributed by atoms with Crippen LogP contribution < -0.4 is 21.3 Å². The number of benzene rings is 6. The van der Waals surface area contributed by atoms with E-state index in [-0.39, 0.29) is 71.7 Å². The summed E-state index contributed by atoms with van der Waals surface area (Å²) in [5.41, 5.74) is 11.0. The Labute approximate surface area is 436 Å². The van der Waals surface area contributed by atoms with Crippen LogP contribution in [0.4, 0.5) is 11.4 Å². The van der Waals surface area contributed by atoms with Crippen molar-refractivity contribution in [3.63, 3.8) is 0 Å². The Morgan fingerprint density at radius 1 is 0.432 bits per heavy atom. The molecular weight excluding hydrogens is 917 g/mol. The SMILES string of the molecule is Cc1ccc([C@@H]2Nc3ccccc3[C@H]3[C@@H]2CCN3C(=O)[C@H]2CCCC[C@H]2NC(=O)c2ccccc2)cc1.Cc1ccc([C@H]2Nc3ccccc3[C@@H]3[C@H]2CCN3C(=O)[C@H]2CCCC[C@H]2NC(=O)c2ccccc2)cc1. The summed E-state index contributed by atoms with van der Waals surface area (Å²) in [4.78, 5) is 58.7. The normalized spacial score (nSPS) is 26.5. The largest absolute Gasteiger partial charge is 0.378 e. The number of anilines is 2. The number of carbonyl (C=O) groups is 4. The van der Waals surface area contributed by atoms with Crippen LogP contribution in [0.3, 0.4) is 0 Å². The van der Waals surface area contributed by atoms with E-state index in [1.165, 1.54) is 33.4 Å². The van der Waals surface area contributed by atoms with Gasteiger partial charge in [-0.05, 0) is 111 Å². The van der Waals surface area contributed by atoms with Gasteiger partial charge in [0.15, 0.2) is 0 Å². The standard InChI is InChI=1S/2C32H35N3O2/c2*1-21-15-17-22(18-16-21)29-26-19-20-35(30(26)24-11-5-7-13-27(24)33-29)32(37)25-12-6-8-14-28(25)34-31(36)23-9-3-2-4-10-23/h2*2-5,7,9-11,13,15-18,25-26,28-30,33H,6,8,12,14,19-20H2,1H3,(H,34,36)/t25-,26+,28+,29-,30-;25-,26-,28+,29+,30+/m00/s1. The van der Waals surface area contributed by atoms with Crippen LogP contribution in [0, 0.1) is 37.5 Å². The van der Waals surface area contributed by atoms with E-state index in [2.05, 4.69) is 142 Å². The van der Waals surface area contributed by atoms with Crippen LogP contribution in [-0.4, -0.2) is 58.6 Å². The smallest absolute Gasteiger partial charge is 0.251 e. The third kappa shape index (κ3) is 9.95. The second-order valence-corrected chi connectivity index (χ2v) is 21.8. The molecule has 0 unspecified atom stereocenters. The second-order valence-electron chi connectivity index (χ2n) is 21.8. The summed E-state index contributed by atoms with van der Waals surface area (Å²) in [5, 5.41) is 14.0. The van der Waals surface area contributed by atoms with Gasteiger partial charge in [0, 0.05) is 59.5 Å². The van der Waals surface area contributed by atoms with Gasteiger partial charge in [0.05, 0.1) is 36.0 Å². The minimum atomic E-state index is -0.181. The lowest BCUT2D eigenvalue weighted by Crippen LogP contribution is -2.50. The topological polar surface area (TPSA) is 123 Å². The molecule has 0 bridgehead atoms. The maximum absolute atomic E-state index is 14.2. The first-order valence-corrected chi connectivity index (χ1v) is 27.4. The minimum absolute atomic E-state index is 0.0451. The number of hydrogen-bond donors (Lipinski definition) is 4. The summed E-state index contributed by atoms with van der Waals surface area (Å²) >= 11 is 0. The summed E-state index contributed by atoms with van der Waals surface area (Å²) in [6.45, 7) is 5.73. The van der Waals surface area contributed by atoms with Crippen LogP contribution in [-0.2, 0) is 9.59 Å². The number of para-hydroxylation sites is 2. The Balaban J connectivity index is 0.000000159. The van der Waals surface area contributed by atoms with E-state index in [0.717, 1.165) is 88.7 Å². The van der Waals surface area contributed by atoms with Crippen molar-refractivity contribution < 1.29 is 19.2 Å². The average molecular weight is 987 g/mol. The maximum Gasteiger partial charge on any atom is 0.251 e. The highest BCUT2D eigenvalue weighted by Crippen LogP contribution is 2.53. The molecule has 4 fully saturated rings. The number of amides is 4. The van der Waals surface area contributed by atoms with Crippen molar-refractivity contribution in [1.29, 1.82) is 0 Å². The number of nitrogens with one attached hydrogen (secondary N) is 4.